The number of halogens is 2. The Balaban J connectivity index is 1.51. The van der Waals surface area contributed by atoms with Crippen LogP contribution in [-0.4, -0.2) is 56.7 Å². The van der Waals surface area contributed by atoms with Crippen LogP contribution in [0, 0.1) is 6.92 Å². The standard InChI is InChI=1S/C17H21F2N5O/c1-13-9-15(17(18)19)21-24(13)12-16(25)23-7-5-22(6-8-23)11-14-3-2-4-20-10-14/h2-4,9-10,17H,5-8,11-12H2,1H3. The number of alkyl halides is 2. The van der Waals surface area contributed by atoms with Gasteiger partial charge in [-0.15, -0.1) is 0 Å². The number of piperazine rings is 1. The van der Waals surface area contributed by atoms with Crippen molar-refractivity contribution in [2.75, 3.05) is 26.2 Å². The summed E-state index contributed by atoms with van der Waals surface area (Å²) in [6.45, 7) is 5.30. The van der Waals surface area contributed by atoms with E-state index < -0.39 is 6.43 Å². The number of aryl methyl sites for hydroxylation is 1. The van der Waals surface area contributed by atoms with Crippen LogP contribution in [0.25, 0.3) is 0 Å². The van der Waals surface area contributed by atoms with Gasteiger partial charge in [-0.25, -0.2) is 8.78 Å². The van der Waals surface area contributed by atoms with Crippen LogP contribution in [0.2, 0.25) is 0 Å². The first-order valence-electron chi connectivity index (χ1n) is 8.24. The van der Waals surface area contributed by atoms with Crippen LogP contribution in [0.3, 0.4) is 0 Å². The van der Waals surface area contributed by atoms with Gasteiger partial charge in [-0.05, 0) is 24.6 Å². The van der Waals surface area contributed by atoms with Crippen LogP contribution < -0.4 is 0 Å². The van der Waals surface area contributed by atoms with Crippen molar-refractivity contribution in [3.05, 3.63) is 47.5 Å². The SMILES string of the molecule is Cc1cc(C(F)F)nn1CC(=O)N1CCN(Cc2cccnc2)CC1. The maximum Gasteiger partial charge on any atom is 0.282 e. The lowest BCUT2D eigenvalue weighted by Gasteiger charge is -2.34. The molecule has 3 heterocycles. The lowest BCUT2D eigenvalue weighted by atomic mass is 10.2. The number of aromatic nitrogens is 3. The molecule has 0 spiro atoms. The van der Waals surface area contributed by atoms with Crippen molar-refractivity contribution >= 4 is 5.91 Å². The van der Waals surface area contributed by atoms with Gasteiger partial charge in [0.1, 0.15) is 12.2 Å². The predicted molar refractivity (Wildman–Crippen MR) is 88.0 cm³/mol. The van der Waals surface area contributed by atoms with Crippen LogP contribution in [0.4, 0.5) is 8.78 Å². The molecule has 1 amide bonds. The van der Waals surface area contributed by atoms with Crippen molar-refractivity contribution in [2.45, 2.75) is 26.4 Å². The molecule has 134 valence electrons. The number of carbonyl (C=O) groups is 1. The molecule has 0 aliphatic carbocycles. The van der Waals surface area contributed by atoms with E-state index >= 15 is 0 Å². The second-order valence-corrected chi connectivity index (χ2v) is 6.19. The van der Waals surface area contributed by atoms with Crippen molar-refractivity contribution < 1.29 is 13.6 Å². The Morgan fingerprint density at radius 3 is 2.64 bits per heavy atom. The molecule has 1 aliphatic heterocycles. The Hall–Kier alpha value is -2.35. The third-order valence-electron chi connectivity index (χ3n) is 4.36. The quantitative estimate of drug-likeness (QED) is 0.827. The molecule has 0 atom stereocenters. The van der Waals surface area contributed by atoms with Gasteiger partial charge in [0, 0.05) is 50.8 Å². The molecule has 1 fully saturated rings. The second kappa shape index (κ2) is 7.69. The van der Waals surface area contributed by atoms with E-state index in [2.05, 4.69) is 15.0 Å². The molecule has 0 aromatic carbocycles. The minimum absolute atomic E-state index is 0.00115. The molecule has 0 radical (unpaired) electrons. The molecule has 3 rings (SSSR count). The molecule has 2 aromatic heterocycles. The van der Waals surface area contributed by atoms with Crippen LogP contribution in [-0.2, 0) is 17.9 Å². The number of hydrogen-bond donors (Lipinski definition) is 0. The van der Waals surface area contributed by atoms with E-state index in [0.717, 1.165) is 25.2 Å². The molecule has 0 saturated carbocycles. The highest BCUT2D eigenvalue weighted by atomic mass is 19.3. The highest BCUT2D eigenvalue weighted by Gasteiger charge is 2.22. The summed E-state index contributed by atoms with van der Waals surface area (Å²) < 4.78 is 26.7. The molecule has 25 heavy (non-hydrogen) atoms. The Labute approximate surface area is 145 Å². The molecule has 6 nitrogen and oxygen atoms in total. The number of nitrogens with zero attached hydrogens (tertiary/aromatic N) is 5. The van der Waals surface area contributed by atoms with Gasteiger partial charge in [0.25, 0.3) is 6.43 Å². The van der Waals surface area contributed by atoms with Crippen LogP contribution in [0.1, 0.15) is 23.4 Å². The first-order chi connectivity index (χ1) is 12.0. The molecular weight excluding hydrogens is 328 g/mol. The molecule has 2 aromatic rings. The van der Waals surface area contributed by atoms with Gasteiger partial charge in [-0.3, -0.25) is 19.4 Å². The van der Waals surface area contributed by atoms with E-state index in [4.69, 9.17) is 0 Å². The Morgan fingerprint density at radius 2 is 2.04 bits per heavy atom. The highest BCUT2D eigenvalue weighted by Crippen LogP contribution is 2.18. The second-order valence-electron chi connectivity index (χ2n) is 6.19. The Bertz CT molecular complexity index is 711. The van der Waals surface area contributed by atoms with E-state index in [0.29, 0.717) is 18.8 Å². The molecule has 0 unspecified atom stereocenters. The maximum atomic E-state index is 12.7. The van der Waals surface area contributed by atoms with Gasteiger partial charge in [-0.1, -0.05) is 6.07 Å². The van der Waals surface area contributed by atoms with Gasteiger partial charge in [0.15, 0.2) is 0 Å². The van der Waals surface area contributed by atoms with Crippen molar-refractivity contribution in [2.24, 2.45) is 0 Å². The molecule has 8 heteroatoms. The minimum Gasteiger partial charge on any atom is -0.339 e. The van der Waals surface area contributed by atoms with Crippen LogP contribution in [0.15, 0.2) is 30.6 Å². The van der Waals surface area contributed by atoms with Gasteiger partial charge in [0.2, 0.25) is 5.91 Å². The van der Waals surface area contributed by atoms with E-state index in [9.17, 15) is 13.6 Å². The van der Waals surface area contributed by atoms with Crippen LogP contribution in [0.5, 0.6) is 0 Å². The molecule has 1 aliphatic rings. The summed E-state index contributed by atoms with van der Waals surface area (Å²) in [5.41, 5.74) is 1.43. The van der Waals surface area contributed by atoms with E-state index in [1.807, 2.05) is 18.3 Å². The first kappa shape index (κ1) is 17.5. The van der Waals surface area contributed by atoms with Crippen molar-refractivity contribution in [1.29, 1.82) is 0 Å². The van der Waals surface area contributed by atoms with Gasteiger partial charge >= 0.3 is 0 Å². The first-order valence-corrected chi connectivity index (χ1v) is 8.24. The smallest absolute Gasteiger partial charge is 0.282 e. The maximum absolute atomic E-state index is 12.7. The summed E-state index contributed by atoms with van der Waals surface area (Å²) in [7, 11) is 0. The average Bonchev–Trinajstić information content (AvgIpc) is 2.97. The third kappa shape index (κ3) is 4.39. The topological polar surface area (TPSA) is 54.3 Å². The lowest BCUT2D eigenvalue weighted by Crippen LogP contribution is -2.49. The van der Waals surface area contributed by atoms with E-state index in [1.54, 1.807) is 18.0 Å². The van der Waals surface area contributed by atoms with Gasteiger partial charge < -0.3 is 4.90 Å². The number of pyridine rings is 1. The van der Waals surface area contributed by atoms with Crippen molar-refractivity contribution in [1.82, 2.24) is 24.6 Å². The molecular formula is C17H21F2N5O. The van der Waals surface area contributed by atoms with Crippen molar-refractivity contribution in [3.63, 3.8) is 0 Å². The summed E-state index contributed by atoms with van der Waals surface area (Å²) in [6, 6.07) is 5.27. The number of hydrogen-bond acceptors (Lipinski definition) is 4. The van der Waals surface area contributed by atoms with Crippen LogP contribution >= 0.6 is 0 Å². The monoisotopic (exact) mass is 349 g/mol. The average molecular weight is 349 g/mol. The number of rotatable bonds is 5. The zero-order chi connectivity index (χ0) is 17.8. The summed E-state index contributed by atoms with van der Waals surface area (Å²) in [5.74, 6) is -0.0898. The Kier molecular flexibility index (Phi) is 5.37. The predicted octanol–water partition coefficient (Wildman–Crippen LogP) is 1.87. The number of carbonyl (C=O) groups excluding carboxylic acids is 1. The van der Waals surface area contributed by atoms with Gasteiger partial charge in [0.05, 0.1) is 0 Å². The fourth-order valence-electron chi connectivity index (χ4n) is 2.94. The highest BCUT2D eigenvalue weighted by molar-refractivity contribution is 5.76. The zero-order valence-corrected chi connectivity index (χ0v) is 14.1. The zero-order valence-electron chi connectivity index (χ0n) is 14.1. The van der Waals surface area contributed by atoms with E-state index in [1.165, 1.54) is 10.7 Å². The molecule has 0 N–H and O–H groups in total. The summed E-state index contributed by atoms with van der Waals surface area (Å²) >= 11 is 0. The fourth-order valence-corrected chi connectivity index (χ4v) is 2.94. The summed E-state index contributed by atoms with van der Waals surface area (Å²) in [5, 5.41) is 3.82. The normalized spacial score (nSPS) is 15.8. The summed E-state index contributed by atoms with van der Waals surface area (Å²) in [6.07, 6.45) is 0.973. The largest absolute Gasteiger partial charge is 0.339 e. The minimum atomic E-state index is -2.62. The van der Waals surface area contributed by atoms with Gasteiger partial charge in [-0.2, -0.15) is 5.10 Å². The number of amides is 1. The fraction of sp³-hybridized carbons (Fsp3) is 0.471. The van der Waals surface area contributed by atoms with E-state index in [-0.39, 0.29) is 18.1 Å². The lowest BCUT2D eigenvalue weighted by molar-refractivity contribution is -0.133. The summed E-state index contributed by atoms with van der Waals surface area (Å²) in [4.78, 5) is 20.6. The van der Waals surface area contributed by atoms with Crippen molar-refractivity contribution in [3.8, 4) is 0 Å². The molecule has 1 saturated heterocycles. The Morgan fingerprint density at radius 1 is 1.28 bits per heavy atom. The molecule has 0 bridgehead atoms. The third-order valence-corrected chi connectivity index (χ3v) is 4.36.